The van der Waals surface area contributed by atoms with E-state index >= 15 is 0 Å². The Hall–Kier alpha value is -1.95. The molecule has 1 unspecified atom stereocenters. The topological polar surface area (TPSA) is 83.7 Å². The van der Waals surface area contributed by atoms with Crippen molar-refractivity contribution in [2.75, 3.05) is 13.1 Å². The van der Waals surface area contributed by atoms with E-state index in [1.54, 1.807) is 19.9 Å². The molecule has 0 saturated carbocycles. The highest BCUT2D eigenvalue weighted by Crippen LogP contribution is 2.26. The standard InChI is InChI=1S/C13H16N2O4/c1-9-3-4-11(15(18)19)10(7-9)12(16)14-6-5-13(2,17)8-14/h3-4,7,17H,5-6,8H2,1-2H3. The summed E-state index contributed by atoms with van der Waals surface area (Å²) >= 11 is 0. The fraction of sp³-hybridized carbons (Fsp3) is 0.462. The minimum Gasteiger partial charge on any atom is -0.388 e. The van der Waals surface area contributed by atoms with Crippen molar-refractivity contribution in [3.8, 4) is 0 Å². The molecule has 1 aromatic carbocycles. The zero-order valence-corrected chi connectivity index (χ0v) is 10.9. The van der Waals surface area contributed by atoms with Crippen LogP contribution in [0.4, 0.5) is 5.69 Å². The number of carbonyl (C=O) groups is 1. The Morgan fingerprint density at radius 2 is 2.21 bits per heavy atom. The molecule has 1 amide bonds. The van der Waals surface area contributed by atoms with Gasteiger partial charge in [-0.25, -0.2) is 0 Å². The molecule has 1 N–H and O–H groups in total. The van der Waals surface area contributed by atoms with E-state index in [4.69, 9.17) is 0 Å². The summed E-state index contributed by atoms with van der Waals surface area (Å²) in [5, 5.41) is 20.8. The molecule has 1 heterocycles. The first-order chi connectivity index (χ1) is 8.80. The van der Waals surface area contributed by atoms with Crippen molar-refractivity contribution in [3.05, 3.63) is 39.4 Å². The second-order valence-corrected chi connectivity index (χ2v) is 5.25. The summed E-state index contributed by atoms with van der Waals surface area (Å²) in [5.41, 5.74) is -0.224. The van der Waals surface area contributed by atoms with Crippen LogP contribution in [0.3, 0.4) is 0 Å². The van der Waals surface area contributed by atoms with Crippen molar-refractivity contribution in [1.82, 2.24) is 4.90 Å². The number of aryl methyl sites for hydroxylation is 1. The SMILES string of the molecule is Cc1ccc([N+](=O)[O-])c(C(=O)N2CCC(C)(O)C2)c1. The van der Waals surface area contributed by atoms with Gasteiger partial charge >= 0.3 is 0 Å². The zero-order chi connectivity index (χ0) is 14.2. The second-order valence-electron chi connectivity index (χ2n) is 5.25. The summed E-state index contributed by atoms with van der Waals surface area (Å²) in [4.78, 5) is 24.2. The van der Waals surface area contributed by atoms with Crippen LogP contribution < -0.4 is 0 Å². The number of β-amino-alcohol motifs (C(OH)–C–C–N with tert-alkyl or cyclic N) is 1. The third kappa shape index (κ3) is 2.73. The Morgan fingerprint density at radius 3 is 2.74 bits per heavy atom. The van der Waals surface area contributed by atoms with Crippen LogP contribution in [0.15, 0.2) is 18.2 Å². The van der Waals surface area contributed by atoms with Crippen LogP contribution in [0.1, 0.15) is 29.3 Å². The van der Waals surface area contributed by atoms with Crippen molar-refractivity contribution >= 4 is 11.6 Å². The van der Waals surface area contributed by atoms with Gasteiger partial charge in [-0.1, -0.05) is 6.07 Å². The number of nitro benzene ring substituents is 1. The number of amides is 1. The Balaban J connectivity index is 2.34. The first kappa shape index (κ1) is 13.5. The van der Waals surface area contributed by atoms with Crippen LogP contribution in [0.2, 0.25) is 0 Å². The maximum Gasteiger partial charge on any atom is 0.282 e. The fourth-order valence-electron chi connectivity index (χ4n) is 2.27. The molecule has 0 aromatic heterocycles. The largest absolute Gasteiger partial charge is 0.388 e. The monoisotopic (exact) mass is 264 g/mol. The van der Waals surface area contributed by atoms with Crippen LogP contribution in [-0.4, -0.2) is 39.5 Å². The molecular formula is C13H16N2O4. The van der Waals surface area contributed by atoms with Crippen LogP contribution >= 0.6 is 0 Å². The number of carbonyl (C=O) groups excluding carboxylic acids is 1. The summed E-state index contributed by atoms with van der Waals surface area (Å²) in [7, 11) is 0. The van der Waals surface area contributed by atoms with Gasteiger partial charge in [-0.2, -0.15) is 0 Å². The average Bonchev–Trinajstić information content (AvgIpc) is 2.68. The average molecular weight is 264 g/mol. The summed E-state index contributed by atoms with van der Waals surface area (Å²) in [5.74, 6) is -0.395. The molecule has 6 nitrogen and oxygen atoms in total. The van der Waals surface area contributed by atoms with Gasteiger partial charge in [-0.3, -0.25) is 14.9 Å². The highest BCUT2D eigenvalue weighted by atomic mass is 16.6. The zero-order valence-electron chi connectivity index (χ0n) is 10.9. The Morgan fingerprint density at radius 1 is 1.53 bits per heavy atom. The Kier molecular flexibility index (Phi) is 3.28. The number of nitrogens with zero attached hydrogens (tertiary/aromatic N) is 2. The van der Waals surface area contributed by atoms with E-state index in [2.05, 4.69) is 0 Å². The summed E-state index contributed by atoms with van der Waals surface area (Å²) in [6.45, 7) is 4.06. The van der Waals surface area contributed by atoms with E-state index in [0.717, 1.165) is 5.56 Å². The highest BCUT2D eigenvalue weighted by Gasteiger charge is 2.36. The van der Waals surface area contributed by atoms with Gasteiger partial charge in [0.1, 0.15) is 5.56 Å². The lowest BCUT2D eigenvalue weighted by Crippen LogP contribution is -2.34. The van der Waals surface area contributed by atoms with Gasteiger partial charge in [0.2, 0.25) is 0 Å². The maximum absolute atomic E-state index is 12.3. The molecular weight excluding hydrogens is 248 g/mol. The molecule has 1 aliphatic rings. The lowest BCUT2D eigenvalue weighted by molar-refractivity contribution is -0.385. The molecule has 6 heteroatoms. The van der Waals surface area contributed by atoms with Gasteiger partial charge in [-0.15, -0.1) is 0 Å². The van der Waals surface area contributed by atoms with E-state index < -0.39 is 16.4 Å². The number of likely N-dealkylation sites (tertiary alicyclic amines) is 1. The molecule has 1 aliphatic heterocycles. The summed E-state index contributed by atoms with van der Waals surface area (Å²) < 4.78 is 0. The Bertz CT molecular complexity index is 539. The number of rotatable bonds is 2. The molecule has 1 atom stereocenters. The van der Waals surface area contributed by atoms with Crippen molar-refractivity contribution in [2.45, 2.75) is 25.9 Å². The third-order valence-corrected chi connectivity index (χ3v) is 3.32. The van der Waals surface area contributed by atoms with E-state index in [0.29, 0.717) is 13.0 Å². The van der Waals surface area contributed by atoms with E-state index in [-0.39, 0.29) is 17.8 Å². The molecule has 2 rings (SSSR count). The number of benzene rings is 1. The molecule has 102 valence electrons. The molecule has 1 fully saturated rings. The maximum atomic E-state index is 12.3. The predicted molar refractivity (Wildman–Crippen MR) is 69.0 cm³/mol. The molecule has 0 spiro atoms. The first-order valence-electron chi connectivity index (χ1n) is 6.07. The number of hydrogen-bond acceptors (Lipinski definition) is 4. The second kappa shape index (κ2) is 4.62. The molecule has 0 radical (unpaired) electrons. The lowest BCUT2D eigenvalue weighted by Gasteiger charge is -2.19. The molecule has 19 heavy (non-hydrogen) atoms. The van der Waals surface area contributed by atoms with Crippen LogP contribution in [0, 0.1) is 17.0 Å². The highest BCUT2D eigenvalue weighted by molar-refractivity contribution is 5.98. The van der Waals surface area contributed by atoms with E-state index in [9.17, 15) is 20.0 Å². The predicted octanol–water partition coefficient (Wildman–Crippen LogP) is 1.50. The van der Waals surface area contributed by atoms with Gasteiger partial charge in [0, 0.05) is 19.2 Å². The fourth-order valence-corrected chi connectivity index (χ4v) is 2.27. The molecule has 0 bridgehead atoms. The van der Waals surface area contributed by atoms with Crippen LogP contribution in [0.5, 0.6) is 0 Å². The third-order valence-electron chi connectivity index (χ3n) is 3.32. The summed E-state index contributed by atoms with van der Waals surface area (Å²) in [6, 6.07) is 4.47. The van der Waals surface area contributed by atoms with Gasteiger partial charge in [0.05, 0.1) is 10.5 Å². The molecule has 1 saturated heterocycles. The number of hydrogen-bond donors (Lipinski definition) is 1. The summed E-state index contributed by atoms with van der Waals surface area (Å²) in [6.07, 6.45) is 0.484. The van der Waals surface area contributed by atoms with Crippen LogP contribution in [0.25, 0.3) is 0 Å². The molecule has 0 aliphatic carbocycles. The van der Waals surface area contributed by atoms with Gasteiger partial charge < -0.3 is 10.0 Å². The Labute approximate surface area is 110 Å². The van der Waals surface area contributed by atoms with Gasteiger partial charge in [-0.05, 0) is 31.9 Å². The normalized spacial score (nSPS) is 22.6. The van der Waals surface area contributed by atoms with Crippen LogP contribution in [-0.2, 0) is 0 Å². The smallest absolute Gasteiger partial charge is 0.282 e. The van der Waals surface area contributed by atoms with Crippen molar-refractivity contribution in [3.63, 3.8) is 0 Å². The minimum atomic E-state index is -0.908. The van der Waals surface area contributed by atoms with Gasteiger partial charge in [0.25, 0.3) is 11.6 Å². The van der Waals surface area contributed by atoms with Gasteiger partial charge in [0.15, 0.2) is 0 Å². The number of aliphatic hydroxyl groups is 1. The van der Waals surface area contributed by atoms with Crippen molar-refractivity contribution in [1.29, 1.82) is 0 Å². The first-order valence-corrected chi connectivity index (χ1v) is 6.07. The molecule has 1 aromatic rings. The van der Waals surface area contributed by atoms with E-state index in [1.165, 1.54) is 17.0 Å². The minimum absolute atomic E-state index is 0.0858. The lowest BCUT2D eigenvalue weighted by atomic mass is 10.1. The van der Waals surface area contributed by atoms with E-state index in [1.807, 2.05) is 0 Å². The number of nitro groups is 1. The quantitative estimate of drug-likeness (QED) is 0.648. The van der Waals surface area contributed by atoms with Crippen molar-refractivity contribution < 1.29 is 14.8 Å². The van der Waals surface area contributed by atoms with Crippen molar-refractivity contribution in [2.24, 2.45) is 0 Å².